The third-order valence-corrected chi connectivity index (χ3v) is 7.71. The molecule has 39 heavy (non-hydrogen) atoms. The van der Waals surface area contributed by atoms with Gasteiger partial charge in [0.05, 0.1) is 18.9 Å². The number of hydrogen-bond donors (Lipinski definition) is 1. The molecule has 9 heteroatoms. The minimum atomic E-state index is -0.591. The normalized spacial score (nSPS) is 17.0. The average molecular weight is 523 g/mol. The van der Waals surface area contributed by atoms with Crippen molar-refractivity contribution in [3.63, 3.8) is 0 Å². The Morgan fingerprint density at radius 2 is 1.72 bits per heavy atom. The summed E-state index contributed by atoms with van der Waals surface area (Å²) >= 11 is 0. The Hall–Kier alpha value is -4.37. The van der Waals surface area contributed by atoms with Crippen LogP contribution in [0.3, 0.4) is 0 Å². The first kappa shape index (κ1) is 23.7. The van der Waals surface area contributed by atoms with E-state index in [0.29, 0.717) is 23.0 Å². The molecule has 2 aromatic carbocycles. The van der Waals surface area contributed by atoms with Crippen molar-refractivity contribution < 1.29 is 13.9 Å². The van der Waals surface area contributed by atoms with Crippen LogP contribution in [0, 0.1) is 5.82 Å². The highest BCUT2D eigenvalue weighted by atomic mass is 19.1. The smallest absolute Gasteiger partial charge is 0.223 e. The predicted molar refractivity (Wildman–Crippen MR) is 146 cm³/mol. The van der Waals surface area contributed by atoms with Crippen LogP contribution < -0.4 is 9.64 Å². The van der Waals surface area contributed by atoms with Crippen LogP contribution >= 0.6 is 0 Å². The van der Waals surface area contributed by atoms with Crippen molar-refractivity contribution in [3.05, 3.63) is 89.8 Å². The summed E-state index contributed by atoms with van der Waals surface area (Å²) < 4.78 is 26.7. The van der Waals surface area contributed by atoms with Crippen LogP contribution in [0.1, 0.15) is 36.7 Å². The van der Waals surface area contributed by atoms with Gasteiger partial charge < -0.3 is 19.4 Å². The summed E-state index contributed by atoms with van der Waals surface area (Å²) in [6, 6.07) is 17.4. The summed E-state index contributed by atoms with van der Waals surface area (Å²) in [5.41, 5.74) is 5.06. The van der Waals surface area contributed by atoms with Crippen LogP contribution in [0.15, 0.2) is 67.0 Å². The molecule has 7 rings (SSSR count). The van der Waals surface area contributed by atoms with Gasteiger partial charge in [-0.3, -0.25) is 0 Å². The number of morpholine rings is 1. The highest BCUT2D eigenvalue weighted by Crippen LogP contribution is 2.52. The number of para-hydroxylation sites is 1. The number of nitrogens with one attached hydrogen (secondary N) is 1. The Balaban J connectivity index is 1.30. The van der Waals surface area contributed by atoms with E-state index in [1.54, 1.807) is 18.5 Å². The molecule has 1 atom stereocenters. The molecule has 1 fully saturated rings. The van der Waals surface area contributed by atoms with Crippen LogP contribution in [0.2, 0.25) is 0 Å². The minimum absolute atomic E-state index is 0.197. The maximum atomic E-state index is 15.1. The second-order valence-electron chi connectivity index (χ2n) is 10.5. The highest BCUT2D eigenvalue weighted by molar-refractivity contribution is 5.67. The molecule has 0 spiro atoms. The van der Waals surface area contributed by atoms with Crippen molar-refractivity contribution in [1.82, 2.24) is 24.9 Å². The van der Waals surface area contributed by atoms with E-state index in [9.17, 15) is 0 Å². The Bertz CT molecular complexity index is 1640. The maximum absolute atomic E-state index is 15.1. The van der Waals surface area contributed by atoms with Crippen molar-refractivity contribution in [1.29, 1.82) is 0 Å². The summed E-state index contributed by atoms with van der Waals surface area (Å²) in [4.78, 5) is 24.0. The van der Waals surface area contributed by atoms with Gasteiger partial charge in [0.1, 0.15) is 5.82 Å². The molecule has 8 nitrogen and oxygen atoms in total. The van der Waals surface area contributed by atoms with E-state index in [1.807, 2.05) is 18.2 Å². The fraction of sp³-hybridized carbons (Fsp3) is 0.267. The number of imidazole rings is 1. The molecular formula is C30H27FN6O2. The summed E-state index contributed by atoms with van der Waals surface area (Å²) in [6.07, 6.45) is 3.25. The summed E-state index contributed by atoms with van der Waals surface area (Å²) in [5, 5.41) is 0. The molecular weight excluding hydrogens is 495 g/mol. The first-order chi connectivity index (χ1) is 19.0. The number of H-pyrrole nitrogens is 1. The zero-order valence-electron chi connectivity index (χ0n) is 21.7. The number of aromatic amines is 1. The molecule has 0 saturated carbocycles. The zero-order valence-corrected chi connectivity index (χ0v) is 21.7. The molecule has 2 aliphatic rings. The van der Waals surface area contributed by atoms with E-state index in [1.165, 1.54) is 6.07 Å². The Labute approximate surface area is 224 Å². The van der Waals surface area contributed by atoms with Gasteiger partial charge in [-0.2, -0.15) is 0 Å². The lowest BCUT2D eigenvalue weighted by Crippen LogP contribution is -2.36. The molecule has 5 heterocycles. The first-order valence-corrected chi connectivity index (χ1v) is 13.1. The van der Waals surface area contributed by atoms with E-state index < -0.39 is 11.2 Å². The van der Waals surface area contributed by atoms with E-state index in [0.717, 1.165) is 54.4 Å². The summed E-state index contributed by atoms with van der Waals surface area (Å²) in [5.74, 6) is 0.599. The number of aromatic nitrogens is 5. The summed E-state index contributed by atoms with van der Waals surface area (Å²) in [7, 11) is 0. The third-order valence-electron chi connectivity index (χ3n) is 7.71. The largest absolute Gasteiger partial charge is 0.435 e. The van der Waals surface area contributed by atoms with E-state index in [-0.39, 0.29) is 11.7 Å². The number of pyridine rings is 1. The molecule has 1 saturated heterocycles. The molecule has 0 amide bonds. The molecule has 0 unspecified atom stereocenters. The van der Waals surface area contributed by atoms with E-state index in [4.69, 9.17) is 19.4 Å². The number of rotatable bonds is 4. The topological polar surface area (TPSA) is 89.1 Å². The Morgan fingerprint density at radius 1 is 0.923 bits per heavy atom. The van der Waals surface area contributed by atoms with Crippen molar-refractivity contribution in [2.24, 2.45) is 0 Å². The quantitative estimate of drug-likeness (QED) is 0.328. The van der Waals surface area contributed by atoms with Gasteiger partial charge in [0.25, 0.3) is 0 Å². The number of hydrogen-bond acceptors (Lipinski definition) is 7. The van der Waals surface area contributed by atoms with Crippen LogP contribution in [0.4, 0.5) is 10.1 Å². The standard InChI is InChI=1S/C30H27FN6O2/c1-30(2,29-35-26-27(36-29)33-13-12-32-26)24-20-4-3-5-22(31)25(20)39-28-21(24)10-11-23(34-28)18-6-8-19(9-7-18)37-14-16-38-17-15-37/h3-13,24H,14-17H2,1-2H3,(H,32,33,35,36)/t24-/m0/s1. The molecule has 3 aromatic heterocycles. The van der Waals surface area contributed by atoms with Gasteiger partial charge in [0.15, 0.2) is 22.9 Å². The van der Waals surface area contributed by atoms with Gasteiger partial charge in [-0.15, -0.1) is 0 Å². The van der Waals surface area contributed by atoms with Crippen LogP contribution in [0.25, 0.3) is 22.6 Å². The van der Waals surface area contributed by atoms with Crippen LogP contribution in [-0.2, 0) is 10.2 Å². The number of nitrogens with zero attached hydrogens (tertiary/aromatic N) is 5. The lowest BCUT2D eigenvalue weighted by atomic mass is 9.69. The lowest BCUT2D eigenvalue weighted by Gasteiger charge is -2.37. The van der Waals surface area contributed by atoms with Gasteiger partial charge in [-0.1, -0.05) is 44.2 Å². The lowest BCUT2D eigenvalue weighted by molar-refractivity contribution is 0.122. The van der Waals surface area contributed by atoms with Gasteiger partial charge >= 0.3 is 0 Å². The predicted octanol–water partition coefficient (Wildman–Crippen LogP) is 5.61. The van der Waals surface area contributed by atoms with Crippen molar-refractivity contribution in [3.8, 4) is 22.9 Å². The number of benzene rings is 2. The number of halogens is 1. The second kappa shape index (κ2) is 9.13. The molecule has 196 valence electrons. The fourth-order valence-electron chi connectivity index (χ4n) is 5.67. The second-order valence-corrected chi connectivity index (χ2v) is 10.5. The fourth-order valence-corrected chi connectivity index (χ4v) is 5.67. The van der Waals surface area contributed by atoms with Gasteiger partial charge in [0.2, 0.25) is 5.88 Å². The zero-order chi connectivity index (χ0) is 26.6. The van der Waals surface area contributed by atoms with Crippen molar-refractivity contribution in [2.45, 2.75) is 25.2 Å². The monoisotopic (exact) mass is 522 g/mol. The van der Waals surface area contributed by atoms with Gasteiger partial charge in [-0.05, 0) is 24.3 Å². The molecule has 0 aliphatic carbocycles. The molecule has 0 radical (unpaired) electrons. The molecule has 2 aliphatic heterocycles. The SMILES string of the molecule is CC(C)(c1nc2nccnc2[nH]1)[C@@H]1c2ccc(-c3ccc(N4CCOCC4)cc3)nc2Oc2c(F)cccc21. The molecule has 5 aromatic rings. The Morgan fingerprint density at radius 3 is 2.51 bits per heavy atom. The van der Waals surface area contributed by atoms with Gasteiger partial charge in [0, 0.05) is 59.2 Å². The summed E-state index contributed by atoms with van der Waals surface area (Å²) in [6.45, 7) is 7.40. The first-order valence-electron chi connectivity index (χ1n) is 13.1. The van der Waals surface area contributed by atoms with Gasteiger partial charge in [-0.25, -0.2) is 24.3 Å². The van der Waals surface area contributed by atoms with E-state index >= 15 is 4.39 Å². The van der Waals surface area contributed by atoms with Crippen LogP contribution in [0.5, 0.6) is 11.6 Å². The van der Waals surface area contributed by atoms with Crippen molar-refractivity contribution >= 4 is 17.0 Å². The number of anilines is 1. The molecule has 1 N–H and O–H groups in total. The highest BCUT2D eigenvalue weighted by Gasteiger charge is 2.43. The van der Waals surface area contributed by atoms with E-state index in [2.05, 4.69) is 58.0 Å². The number of ether oxygens (including phenoxy) is 2. The number of fused-ring (bicyclic) bond motifs is 3. The maximum Gasteiger partial charge on any atom is 0.223 e. The Kier molecular flexibility index (Phi) is 5.55. The van der Waals surface area contributed by atoms with Crippen LogP contribution in [-0.4, -0.2) is 51.2 Å². The van der Waals surface area contributed by atoms with Crippen molar-refractivity contribution in [2.75, 3.05) is 31.2 Å². The molecule has 0 bridgehead atoms. The minimum Gasteiger partial charge on any atom is -0.435 e. The third kappa shape index (κ3) is 4.01. The average Bonchev–Trinajstić information content (AvgIpc) is 3.42.